The molecule has 14 aromatic carbocycles. The number of hydrogen-bond donors (Lipinski definition) is 1. The standard InChI is InChI=1S/C46H34N2.C27H23N.C19H12BrN/c1-46(2)42-16-7-6-14-40(42)41-28-27-38(30-43(41)46)48(36-23-19-32(20-24-36)31-10-4-3-5-11-31)37-25-21-33(22-26-37)39-15-8-12-34-17-18-35-13-9-29-47-45(35)44(34)39;1-27(2)25-11-7-6-10-23(25)24-17-16-22(18-26(24)27)28-21-14-12-20(13-15-21)19-8-4-3-5-9-19;20-16-10-8-13(9-11-16)17-5-1-3-14-6-7-15-4-2-12-21-19(15)18(14)17/h3-30H,1-2H3;3-18,28H,1-2H3;1-12H. The smallest absolute Gasteiger partial charge is 0.0786 e. The molecule has 2 aliphatic rings. The summed E-state index contributed by atoms with van der Waals surface area (Å²) in [6.45, 7) is 9.32. The minimum atomic E-state index is -0.0835. The zero-order chi connectivity index (χ0) is 65.6. The molecule has 0 bridgehead atoms. The summed E-state index contributed by atoms with van der Waals surface area (Å²) in [5.41, 5.74) is 28.3. The van der Waals surface area contributed by atoms with Gasteiger partial charge >= 0.3 is 0 Å². The molecule has 2 heterocycles. The predicted octanol–water partition coefficient (Wildman–Crippen LogP) is 25.7. The van der Waals surface area contributed by atoms with E-state index in [1.54, 1.807) is 0 Å². The van der Waals surface area contributed by atoms with Crippen LogP contribution in [-0.4, -0.2) is 9.97 Å². The molecule has 2 aliphatic carbocycles. The van der Waals surface area contributed by atoms with Crippen molar-refractivity contribution >= 4 is 87.7 Å². The zero-order valence-corrected chi connectivity index (χ0v) is 56.1. The van der Waals surface area contributed by atoms with E-state index in [-0.39, 0.29) is 10.8 Å². The highest BCUT2D eigenvalue weighted by atomic mass is 79.9. The average Bonchev–Trinajstić information content (AvgIpc) is 1.64. The van der Waals surface area contributed by atoms with Crippen molar-refractivity contribution in [1.82, 2.24) is 9.97 Å². The highest BCUT2D eigenvalue weighted by Gasteiger charge is 2.37. The lowest BCUT2D eigenvalue weighted by Crippen LogP contribution is -2.16. The number of anilines is 5. The van der Waals surface area contributed by atoms with E-state index in [1.165, 1.54) is 116 Å². The molecule has 16 aromatic rings. The number of nitrogens with zero attached hydrogens (tertiary/aromatic N) is 3. The summed E-state index contributed by atoms with van der Waals surface area (Å²) < 4.78 is 1.09. The lowest BCUT2D eigenvalue weighted by atomic mass is 9.82. The largest absolute Gasteiger partial charge is 0.356 e. The molecule has 0 saturated heterocycles. The Bertz CT molecular complexity index is 5590. The molecule has 1 N–H and O–H groups in total. The molecule has 0 unspecified atom stereocenters. The van der Waals surface area contributed by atoms with Gasteiger partial charge in [-0.25, -0.2) is 0 Å². The van der Waals surface area contributed by atoms with E-state index in [0.29, 0.717) is 0 Å². The molecule has 5 heteroatoms. The minimum Gasteiger partial charge on any atom is -0.356 e. The third kappa shape index (κ3) is 11.4. The van der Waals surface area contributed by atoms with Crippen molar-refractivity contribution in [3.8, 4) is 66.8 Å². The first kappa shape index (κ1) is 60.4. The molecule has 18 rings (SSSR count). The Balaban J connectivity index is 0.000000127. The summed E-state index contributed by atoms with van der Waals surface area (Å²) in [5, 5.41) is 10.7. The Hall–Kier alpha value is -11.5. The molecule has 0 amide bonds. The number of halogens is 1. The number of rotatable bonds is 9. The molecule has 0 aliphatic heterocycles. The van der Waals surface area contributed by atoms with Crippen LogP contribution in [0.1, 0.15) is 49.9 Å². The molecule has 4 nitrogen and oxygen atoms in total. The van der Waals surface area contributed by atoms with Crippen molar-refractivity contribution in [3.05, 3.63) is 367 Å². The molecule has 464 valence electrons. The summed E-state index contributed by atoms with van der Waals surface area (Å²) in [7, 11) is 0. The molecule has 0 radical (unpaired) electrons. The number of nitrogens with one attached hydrogen (secondary N) is 1. The second-order valence-corrected chi connectivity index (χ2v) is 27.2. The lowest BCUT2D eigenvalue weighted by molar-refractivity contribution is 0.660. The van der Waals surface area contributed by atoms with Crippen LogP contribution in [0.4, 0.5) is 28.4 Å². The van der Waals surface area contributed by atoms with Crippen molar-refractivity contribution in [3.63, 3.8) is 0 Å². The Morgan fingerprint density at radius 2 is 0.649 bits per heavy atom. The number of hydrogen-bond acceptors (Lipinski definition) is 4. The average molecular weight is 1310 g/mol. The highest BCUT2D eigenvalue weighted by Crippen LogP contribution is 2.52. The maximum atomic E-state index is 4.80. The van der Waals surface area contributed by atoms with Gasteiger partial charge in [-0.3, -0.25) is 9.97 Å². The summed E-state index contributed by atoms with van der Waals surface area (Å²) in [6.07, 6.45) is 3.75. The number of aromatic nitrogens is 2. The van der Waals surface area contributed by atoms with Gasteiger partial charge in [-0.15, -0.1) is 0 Å². The van der Waals surface area contributed by atoms with Gasteiger partial charge in [-0.2, -0.15) is 0 Å². The van der Waals surface area contributed by atoms with Crippen molar-refractivity contribution < 1.29 is 0 Å². The normalized spacial score (nSPS) is 12.8. The van der Waals surface area contributed by atoms with Gasteiger partial charge in [-0.05, 0) is 185 Å². The second kappa shape index (κ2) is 25.3. The van der Waals surface area contributed by atoms with Gasteiger partial charge in [0.1, 0.15) is 0 Å². The van der Waals surface area contributed by atoms with Crippen molar-refractivity contribution in [1.29, 1.82) is 0 Å². The Morgan fingerprint density at radius 3 is 1.16 bits per heavy atom. The fraction of sp³-hybridized carbons (Fsp3) is 0.0652. The predicted molar refractivity (Wildman–Crippen MR) is 414 cm³/mol. The maximum absolute atomic E-state index is 4.80. The third-order valence-electron chi connectivity index (χ3n) is 19.7. The second-order valence-electron chi connectivity index (χ2n) is 26.3. The SMILES string of the molecule is Brc1ccc(-c2cccc3ccc4cccnc4c23)cc1.CC1(C)c2ccccc2-c2ccc(N(c3ccc(-c4ccccc4)cc3)c3ccc(-c4cccc5ccc6cccnc6c45)cc3)cc21.CC1(C)c2ccccc2-c2ccc(Nc3ccc(-c4ccccc4)cc3)cc21. The van der Waals surface area contributed by atoms with Crippen LogP contribution in [0.15, 0.2) is 344 Å². The molecular formula is C92H69BrN4. The molecule has 2 aromatic heterocycles. The monoisotopic (exact) mass is 1310 g/mol. The first-order chi connectivity index (χ1) is 47.5. The van der Waals surface area contributed by atoms with Crippen molar-refractivity contribution in [2.24, 2.45) is 0 Å². The van der Waals surface area contributed by atoms with E-state index in [2.05, 4.69) is 368 Å². The fourth-order valence-corrected chi connectivity index (χ4v) is 15.0. The van der Waals surface area contributed by atoms with Crippen molar-refractivity contribution in [2.45, 2.75) is 38.5 Å². The molecule has 0 spiro atoms. The minimum absolute atomic E-state index is 0.0286. The summed E-state index contributed by atoms with van der Waals surface area (Å²) in [4.78, 5) is 11.8. The zero-order valence-electron chi connectivity index (χ0n) is 54.6. The van der Waals surface area contributed by atoms with Crippen LogP contribution in [0.2, 0.25) is 0 Å². The number of pyridine rings is 2. The third-order valence-corrected chi connectivity index (χ3v) is 20.3. The van der Waals surface area contributed by atoms with Gasteiger partial charge in [0.15, 0.2) is 0 Å². The van der Waals surface area contributed by atoms with E-state index in [4.69, 9.17) is 4.98 Å². The van der Waals surface area contributed by atoms with Gasteiger partial charge in [0.2, 0.25) is 0 Å². The molecule has 0 atom stereocenters. The summed E-state index contributed by atoms with van der Waals surface area (Å²) in [5.74, 6) is 0. The van der Waals surface area contributed by atoms with Crippen LogP contribution in [0.5, 0.6) is 0 Å². The fourth-order valence-electron chi connectivity index (χ4n) is 14.8. The topological polar surface area (TPSA) is 41.1 Å². The first-order valence-corrected chi connectivity index (χ1v) is 34.1. The molecule has 97 heavy (non-hydrogen) atoms. The van der Waals surface area contributed by atoms with Crippen LogP contribution < -0.4 is 10.2 Å². The molecule has 0 saturated carbocycles. The quantitative estimate of drug-likeness (QED) is 0.146. The lowest BCUT2D eigenvalue weighted by Gasteiger charge is -2.28. The van der Waals surface area contributed by atoms with E-state index < -0.39 is 0 Å². The van der Waals surface area contributed by atoms with Gasteiger partial charge in [0.25, 0.3) is 0 Å². The Morgan fingerprint density at radius 1 is 0.278 bits per heavy atom. The Kier molecular flexibility index (Phi) is 15.8. The van der Waals surface area contributed by atoms with Gasteiger partial charge in [0.05, 0.1) is 11.0 Å². The van der Waals surface area contributed by atoms with E-state index in [0.717, 1.165) is 49.3 Å². The maximum Gasteiger partial charge on any atom is 0.0786 e. The Labute approximate surface area is 576 Å². The van der Waals surface area contributed by atoms with Gasteiger partial charge in [-0.1, -0.05) is 286 Å². The summed E-state index contributed by atoms with van der Waals surface area (Å²) in [6, 6.07) is 117. The first-order valence-electron chi connectivity index (χ1n) is 33.3. The van der Waals surface area contributed by atoms with E-state index in [1.807, 2.05) is 30.6 Å². The molecular weight excluding hydrogens is 1240 g/mol. The van der Waals surface area contributed by atoms with Crippen molar-refractivity contribution in [2.75, 3.05) is 10.2 Å². The van der Waals surface area contributed by atoms with Crippen LogP contribution in [0, 0.1) is 0 Å². The van der Waals surface area contributed by atoms with Gasteiger partial charge < -0.3 is 10.2 Å². The number of fused-ring (bicyclic) bond motifs is 12. The summed E-state index contributed by atoms with van der Waals surface area (Å²) >= 11 is 3.50. The van der Waals surface area contributed by atoms with Gasteiger partial charge in [0, 0.05) is 77.7 Å². The van der Waals surface area contributed by atoms with E-state index >= 15 is 0 Å². The van der Waals surface area contributed by atoms with Crippen LogP contribution in [0.25, 0.3) is 110 Å². The van der Waals surface area contributed by atoms with Crippen LogP contribution in [0.3, 0.4) is 0 Å². The number of benzene rings is 14. The highest BCUT2D eigenvalue weighted by molar-refractivity contribution is 9.10. The van der Waals surface area contributed by atoms with Crippen LogP contribution in [-0.2, 0) is 10.8 Å². The van der Waals surface area contributed by atoms with Crippen LogP contribution >= 0.6 is 15.9 Å². The molecule has 0 fully saturated rings. The van der Waals surface area contributed by atoms with E-state index in [9.17, 15) is 0 Å².